The van der Waals surface area contributed by atoms with Crippen LogP contribution in [0.15, 0.2) is 17.5 Å². The van der Waals surface area contributed by atoms with Crippen LogP contribution >= 0.6 is 11.3 Å². The lowest BCUT2D eigenvalue weighted by Gasteiger charge is -2.29. The Balaban J connectivity index is 1.97. The van der Waals surface area contributed by atoms with Gasteiger partial charge in [-0.3, -0.25) is 9.59 Å². The van der Waals surface area contributed by atoms with Crippen LogP contribution in [0.1, 0.15) is 44.9 Å². The van der Waals surface area contributed by atoms with E-state index in [0.717, 1.165) is 6.42 Å². The van der Waals surface area contributed by atoms with Crippen LogP contribution in [0, 0.1) is 11.3 Å². The Hall–Kier alpha value is -1.16. The molecule has 1 saturated carbocycles. The predicted octanol–water partition coefficient (Wildman–Crippen LogP) is 2.97. The van der Waals surface area contributed by atoms with Crippen LogP contribution in [0.5, 0.6) is 0 Å². The monoisotopic (exact) mass is 279 g/mol. The van der Waals surface area contributed by atoms with Gasteiger partial charge in [-0.15, -0.1) is 11.3 Å². The molecule has 0 aliphatic heterocycles. The average Bonchev–Trinajstić information content (AvgIpc) is 2.90. The molecule has 1 heterocycles. The van der Waals surface area contributed by atoms with Crippen molar-refractivity contribution in [3.63, 3.8) is 0 Å². The van der Waals surface area contributed by atoms with E-state index in [1.54, 1.807) is 18.3 Å². The molecule has 3 nitrogen and oxygen atoms in total. The Kier molecular flexibility index (Phi) is 3.81. The molecule has 1 amide bonds. The fraction of sp³-hybridized carbons (Fsp3) is 0.600. The summed E-state index contributed by atoms with van der Waals surface area (Å²) in [6.45, 7) is 7.47. The van der Waals surface area contributed by atoms with Crippen molar-refractivity contribution in [3.05, 3.63) is 22.4 Å². The maximum absolute atomic E-state index is 12.2. The molecule has 1 aliphatic carbocycles. The lowest BCUT2D eigenvalue weighted by molar-refractivity contribution is -0.129. The van der Waals surface area contributed by atoms with Crippen molar-refractivity contribution in [2.75, 3.05) is 0 Å². The van der Waals surface area contributed by atoms with Gasteiger partial charge in [0.25, 0.3) is 0 Å². The molecule has 1 aromatic rings. The number of nitrogens with one attached hydrogen (secondary N) is 1. The Morgan fingerprint density at radius 2 is 2.11 bits per heavy atom. The highest BCUT2D eigenvalue weighted by atomic mass is 32.1. The maximum Gasteiger partial charge on any atom is 0.224 e. The molecule has 0 saturated heterocycles. The standard InChI is InChI=1S/C15H21NO2S/c1-9(17)13(15(2,3)4)16-14(18)11-8-10(11)12-6-5-7-19-12/h5-7,10-11,13H,8H2,1-4H3,(H,16,18)/t10?,11-,13?/m0/s1. The van der Waals surface area contributed by atoms with Crippen LogP contribution in [0.25, 0.3) is 0 Å². The van der Waals surface area contributed by atoms with Gasteiger partial charge in [-0.05, 0) is 30.2 Å². The first-order valence-corrected chi connectivity index (χ1v) is 7.53. The average molecular weight is 279 g/mol. The fourth-order valence-electron chi connectivity index (χ4n) is 2.48. The van der Waals surface area contributed by atoms with Gasteiger partial charge in [-0.1, -0.05) is 26.8 Å². The molecule has 0 spiro atoms. The van der Waals surface area contributed by atoms with Crippen molar-refractivity contribution in [2.24, 2.45) is 11.3 Å². The van der Waals surface area contributed by atoms with Crippen LogP contribution in [0.3, 0.4) is 0 Å². The van der Waals surface area contributed by atoms with E-state index in [9.17, 15) is 9.59 Å². The fourth-order valence-corrected chi connectivity index (χ4v) is 3.39. The number of carbonyl (C=O) groups is 2. The van der Waals surface area contributed by atoms with Crippen molar-refractivity contribution in [1.29, 1.82) is 0 Å². The number of rotatable bonds is 4. The minimum Gasteiger partial charge on any atom is -0.346 e. The summed E-state index contributed by atoms with van der Waals surface area (Å²) >= 11 is 1.70. The minimum absolute atomic E-state index is 0.0218. The second-order valence-corrected chi connectivity index (χ2v) is 7.36. The van der Waals surface area contributed by atoms with Crippen LogP contribution in [0.2, 0.25) is 0 Å². The summed E-state index contributed by atoms with van der Waals surface area (Å²) < 4.78 is 0. The third-order valence-corrected chi connectivity index (χ3v) is 4.60. The Labute approximate surface area is 118 Å². The van der Waals surface area contributed by atoms with Crippen molar-refractivity contribution in [3.8, 4) is 0 Å². The van der Waals surface area contributed by atoms with E-state index in [1.807, 2.05) is 32.2 Å². The Bertz CT molecular complexity index is 473. The topological polar surface area (TPSA) is 46.2 Å². The first-order valence-electron chi connectivity index (χ1n) is 6.65. The second kappa shape index (κ2) is 5.08. The number of ketones is 1. The highest BCUT2D eigenvalue weighted by Gasteiger charge is 2.46. The smallest absolute Gasteiger partial charge is 0.224 e. The van der Waals surface area contributed by atoms with Crippen molar-refractivity contribution >= 4 is 23.0 Å². The third-order valence-electron chi connectivity index (χ3n) is 3.59. The zero-order chi connectivity index (χ0) is 14.2. The predicted molar refractivity (Wildman–Crippen MR) is 77.2 cm³/mol. The third kappa shape index (κ3) is 3.24. The van der Waals surface area contributed by atoms with E-state index in [-0.39, 0.29) is 23.0 Å². The molecule has 2 unspecified atom stereocenters. The van der Waals surface area contributed by atoms with E-state index in [0.29, 0.717) is 5.92 Å². The molecule has 104 valence electrons. The van der Waals surface area contributed by atoms with Gasteiger partial charge in [-0.25, -0.2) is 0 Å². The lowest BCUT2D eigenvalue weighted by Crippen LogP contribution is -2.48. The molecule has 0 aromatic carbocycles. The molecule has 3 atom stereocenters. The van der Waals surface area contributed by atoms with Crippen LogP contribution in [-0.4, -0.2) is 17.7 Å². The zero-order valence-corrected chi connectivity index (χ0v) is 12.7. The maximum atomic E-state index is 12.2. The van der Waals surface area contributed by atoms with E-state index in [2.05, 4.69) is 11.4 Å². The van der Waals surface area contributed by atoms with E-state index < -0.39 is 6.04 Å². The molecule has 19 heavy (non-hydrogen) atoms. The van der Waals surface area contributed by atoms with E-state index >= 15 is 0 Å². The molecule has 0 radical (unpaired) electrons. The summed E-state index contributed by atoms with van der Waals surface area (Å²) in [7, 11) is 0. The first kappa shape index (κ1) is 14.3. The van der Waals surface area contributed by atoms with Crippen LogP contribution < -0.4 is 5.32 Å². The molecule has 1 N–H and O–H groups in total. The zero-order valence-electron chi connectivity index (χ0n) is 11.9. The Morgan fingerprint density at radius 3 is 2.58 bits per heavy atom. The van der Waals surface area contributed by atoms with Gasteiger partial charge in [0, 0.05) is 16.7 Å². The largest absolute Gasteiger partial charge is 0.346 e. The number of carbonyl (C=O) groups excluding carboxylic acids is 2. The molecule has 1 fully saturated rings. The van der Waals surface area contributed by atoms with Crippen LogP contribution in [0.4, 0.5) is 0 Å². The number of hydrogen-bond donors (Lipinski definition) is 1. The summed E-state index contributed by atoms with van der Waals surface area (Å²) in [6, 6.07) is 3.69. The van der Waals surface area contributed by atoms with Gasteiger partial charge in [0.2, 0.25) is 5.91 Å². The van der Waals surface area contributed by atoms with E-state index in [1.165, 1.54) is 4.88 Å². The van der Waals surface area contributed by atoms with Gasteiger partial charge in [0.05, 0.1) is 6.04 Å². The summed E-state index contributed by atoms with van der Waals surface area (Å²) in [4.78, 5) is 25.2. The van der Waals surface area contributed by atoms with Gasteiger partial charge >= 0.3 is 0 Å². The summed E-state index contributed by atoms with van der Waals surface area (Å²) in [5, 5.41) is 4.96. The van der Waals surface area contributed by atoms with Crippen molar-refractivity contribution < 1.29 is 9.59 Å². The highest BCUT2D eigenvalue weighted by molar-refractivity contribution is 7.10. The first-order chi connectivity index (χ1) is 8.80. The molecule has 1 aromatic heterocycles. The van der Waals surface area contributed by atoms with E-state index in [4.69, 9.17) is 0 Å². The summed E-state index contributed by atoms with van der Waals surface area (Å²) in [5.41, 5.74) is -0.241. The highest BCUT2D eigenvalue weighted by Crippen LogP contribution is 2.49. The molecular weight excluding hydrogens is 258 g/mol. The number of Topliss-reactive ketones (excluding diaryl/α,β-unsaturated/α-hetero) is 1. The molecular formula is C15H21NO2S. The van der Waals surface area contributed by atoms with Crippen molar-refractivity contribution in [2.45, 2.75) is 46.1 Å². The van der Waals surface area contributed by atoms with Gasteiger partial charge in [0.15, 0.2) is 5.78 Å². The van der Waals surface area contributed by atoms with Gasteiger partial charge in [-0.2, -0.15) is 0 Å². The normalized spacial score (nSPS) is 23.8. The summed E-state index contributed by atoms with van der Waals surface area (Å²) in [6.07, 6.45) is 0.904. The number of thiophene rings is 1. The second-order valence-electron chi connectivity index (χ2n) is 6.38. The lowest BCUT2D eigenvalue weighted by atomic mass is 9.84. The molecule has 0 bridgehead atoms. The van der Waals surface area contributed by atoms with Gasteiger partial charge < -0.3 is 5.32 Å². The molecule has 1 aliphatic rings. The minimum atomic E-state index is -0.399. The number of amides is 1. The Morgan fingerprint density at radius 1 is 1.42 bits per heavy atom. The summed E-state index contributed by atoms with van der Waals surface area (Å²) in [5.74, 6) is 0.443. The molecule has 2 rings (SSSR count). The van der Waals surface area contributed by atoms with Crippen LogP contribution in [-0.2, 0) is 9.59 Å². The van der Waals surface area contributed by atoms with Crippen molar-refractivity contribution in [1.82, 2.24) is 5.32 Å². The van der Waals surface area contributed by atoms with Gasteiger partial charge in [0.1, 0.15) is 0 Å². The number of hydrogen-bond acceptors (Lipinski definition) is 3. The molecule has 4 heteroatoms. The quantitative estimate of drug-likeness (QED) is 0.921. The SMILES string of the molecule is CC(=O)C(NC(=O)[C@H]1CC1c1cccs1)C(C)(C)C.